The summed E-state index contributed by atoms with van der Waals surface area (Å²) in [6.45, 7) is 9.09. The largest absolute Gasteiger partial charge is 0.378 e. The first kappa shape index (κ1) is 22.3. The molecule has 0 bridgehead atoms. The van der Waals surface area contributed by atoms with E-state index < -0.39 is 0 Å². The standard InChI is InChI=1S/C26H26N4O4S/c1-15(31)16-4-6-17(7-5-16)30-14-27-21-20-18-12-26(2,3)34-13-19(18)23(29-8-10-33-11-9-29)28-24(20)35-22(21)25(30)32/h4-7,14H,8-13H2,1-3H3. The molecular weight excluding hydrogens is 464 g/mol. The topological polar surface area (TPSA) is 86.6 Å². The quantitative estimate of drug-likeness (QED) is 0.403. The maximum Gasteiger partial charge on any atom is 0.275 e. The fourth-order valence-electron chi connectivity index (χ4n) is 4.92. The Kier molecular flexibility index (Phi) is 5.24. The minimum absolute atomic E-state index is 0.0131. The second-order valence-corrected chi connectivity index (χ2v) is 10.7. The summed E-state index contributed by atoms with van der Waals surface area (Å²) < 4.78 is 13.8. The van der Waals surface area contributed by atoms with E-state index >= 15 is 0 Å². The number of thiophene rings is 1. The van der Waals surface area contributed by atoms with Crippen molar-refractivity contribution in [2.24, 2.45) is 0 Å². The highest BCUT2D eigenvalue weighted by molar-refractivity contribution is 7.25. The molecule has 2 aliphatic rings. The van der Waals surface area contributed by atoms with Gasteiger partial charge in [0.05, 0.1) is 36.6 Å². The van der Waals surface area contributed by atoms with E-state index in [-0.39, 0.29) is 16.9 Å². The van der Waals surface area contributed by atoms with Crippen molar-refractivity contribution in [2.45, 2.75) is 39.4 Å². The van der Waals surface area contributed by atoms with Crippen LogP contribution in [0.3, 0.4) is 0 Å². The Morgan fingerprint density at radius 3 is 2.57 bits per heavy atom. The number of carbonyl (C=O) groups excluding carboxylic acids is 1. The van der Waals surface area contributed by atoms with Crippen LogP contribution in [-0.4, -0.2) is 52.2 Å². The van der Waals surface area contributed by atoms with Crippen molar-refractivity contribution < 1.29 is 14.3 Å². The van der Waals surface area contributed by atoms with Gasteiger partial charge in [-0.2, -0.15) is 0 Å². The molecule has 9 heteroatoms. The van der Waals surface area contributed by atoms with Crippen LogP contribution in [0.15, 0.2) is 35.4 Å². The Bertz CT molecular complexity index is 1530. The lowest BCUT2D eigenvalue weighted by atomic mass is 9.90. The number of carbonyl (C=O) groups is 1. The van der Waals surface area contributed by atoms with Gasteiger partial charge in [-0.25, -0.2) is 9.97 Å². The Morgan fingerprint density at radius 1 is 1.11 bits per heavy atom. The van der Waals surface area contributed by atoms with Gasteiger partial charge in [-0.3, -0.25) is 14.2 Å². The van der Waals surface area contributed by atoms with Gasteiger partial charge >= 0.3 is 0 Å². The van der Waals surface area contributed by atoms with Gasteiger partial charge in [-0.05, 0) is 50.6 Å². The normalized spacial score (nSPS) is 17.6. The monoisotopic (exact) mass is 490 g/mol. The molecule has 0 N–H and O–H groups in total. The van der Waals surface area contributed by atoms with Crippen LogP contribution in [0.4, 0.5) is 5.82 Å². The molecule has 4 aromatic rings. The van der Waals surface area contributed by atoms with E-state index in [0.717, 1.165) is 41.1 Å². The molecule has 180 valence electrons. The number of fused-ring (bicyclic) bond motifs is 5. The number of anilines is 1. The Morgan fingerprint density at radius 2 is 1.86 bits per heavy atom. The van der Waals surface area contributed by atoms with Gasteiger partial charge in [-0.15, -0.1) is 11.3 Å². The molecule has 3 aromatic heterocycles. The molecule has 6 rings (SSSR count). The number of Topliss-reactive ketones (excluding diaryl/α,β-unsaturated/α-hetero) is 1. The third-order valence-electron chi connectivity index (χ3n) is 6.80. The van der Waals surface area contributed by atoms with Crippen LogP contribution in [0, 0.1) is 0 Å². The highest BCUT2D eigenvalue weighted by Crippen LogP contribution is 2.42. The lowest BCUT2D eigenvalue weighted by molar-refractivity contribution is -0.0396. The van der Waals surface area contributed by atoms with E-state index in [1.165, 1.54) is 28.4 Å². The fourth-order valence-corrected chi connectivity index (χ4v) is 6.01. The van der Waals surface area contributed by atoms with Crippen molar-refractivity contribution >= 4 is 43.4 Å². The Labute approximate surface area is 206 Å². The summed E-state index contributed by atoms with van der Waals surface area (Å²) >= 11 is 1.40. The summed E-state index contributed by atoms with van der Waals surface area (Å²) in [5, 5.41) is 0.963. The summed E-state index contributed by atoms with van der Waals surface area (Å²) in [7, 11) is 0. The van der Waals surface area contributed by atoms with Crippen molar-refractivity contribution in [3.05, 3.63) is 57.6 Å². The zero-order chi connectivity index (χ0) is 24.3. The molecule has 1 saturated heterocycles. The highest BCUT2D eigenvalue weighted by atomic mass is 32.1. The number of benzene rings is 1. The minimum atomic E-state index is -0.314. The molecule has 2 aliphatic heterocycles. The van der Waals surface area contributed by atoms with E-state index in [9.17, 15) is 9.59 Å². The molecule has 1 fully saturated rings. The molecule has 0 radical (unpaired) electrons. The van der Waals surface area contributed by atoms with Crippen molar-refractivity contribution in [1.29, 1.82) is 0 Å². The number of pyridine rings is 1. The molecule has 0 amide bonds. The van der Waals surface area contributed by atoms with Crippen LogP contribution >= 0.6 is 11.3 Å². The first-order valence-corrected chi connectivity index (χ1v) is 12.6. The molecule has 8 nitrogen and oxygen atoms in total. The molecule has 0 unspecified atom stereocenters. The fraction of sp³-hybridized carbons (Fsp3) is 0.385. The van der Waals surface area contributed by atoms with E-state index in [1.807, 2.05) is 0 Å². The van der Waals surface area contributed by atoms with Crippen molar-refractivity contribution in [1.82, 2.24) is 14.5 Å². The van der Waals surface area contributed by atoms with Crippen LogP contribution in [0.5, 0.6) is 0 Å². The van der Waals surface area contributed by atoms with Gasteiger partial charge in [0.1, 0.15) is 21.7 Å². The average molecular weight is 491 g/mol. The molecular formula is C26H26N4O4S. The lowest BCUT2D eigenvalue weighted by Gasteiger charge is -2.36. The molecule has 35 heavy (non-hydrogen) atoms. The van der Waals surface area contributed by atoms with E-state index in [0.29, 0.717) is 41.3 Å². The smallest absolute Gasteiger partial charge is 0.275 e. The number of hydrogen-bond acceptors (Lipinski definition) is 8. The van der Waals surface area contributed by atoms with E-state index in [1.54, 1.807) is 30.6 Å². The second-order valence-electron chi connectivity index (χ2n) is 9.70. The Balaban J connectivity index is 1.56. The minimum Gasteiger partial charge on any atom is -0.378 e. The number of rotatable bonds is 3. The van der Waals surface area contributed by atoms with Gasteiger partial charge in [0.15, 0.2) is 5.78 Å². The Hall–Kier alpha value is -3.14. The van der Waals surface area contributed by atoms with Gasteiger partial charge in [0.2, 0.25) is 0 Å². The molecule has 5 heterocycles. The van der Waals surface area contributed by atoms with Crippen LogP contribution in [0.2, 0.25) is 0 Å². The van der Waals surface area contributed by atoms with Crippen LogP contribution in [0.1, 0.15) is 42.3 Å². The van der Waals surface area contributed by atoms with Gasteiger partial charge in [-0.1, -0.05) is 0 Å². The lowest BCUT2D eigenvalue weighted by Crippen LogP contribution is -2.39. The molecule has 1 aromatic carbocycles. The highest BCUT2D eigenvalue weighted by Gasteiger charge is 2.33. The first-order chi connectivity index (χ1) is 16.8. The average Bonchev–Trinajstić information content (AvgIpc) is 3.23. The maximum absolute atomic E-state index is 13.6. The maximum atomic E-state index is 13.6. The van der Waals surface area contributed by atoms with Crippen molar-refractivity contribution in [3.8, 4) is 5.69 Å². The zero-order valence-electron chi connectivity index (χ0n) is 20.0. The second kappa shape index (κ2) is 8.22. The summed E-state index contributed by atoms with van der Waals surface area (Å²) in [4.78, 5) is 38.1. The third kappa shape index (κ3) is 3.74. The van der Waals surface area contributed by atoms with Crippen LogP contribution in [0.25, 0.3) is 26.1 Å². The van der Waals surface area contributed by atoms with E-state index in [4.69, 9.17) is 19.4 Å². The predicted molar refractivity (Wildman–Crippen MR) is 136 cm³/mol. The summed E-state index contributed by atoms with van der Waals surface area (Å²) in [5.41, 5.74) is 3.78. The molecule has 0 aliphatic carbocycles. The molecule has 0 atom stereocenters. The SMILES string of the molecule is CC(=O)c1ccc(-n2cnc3c(sc4nc(N5CCOCC5)c5c(c43)CC(C)(C)OC5)c2=O)cc1. The molecule has 0 saturated carbocycles. The molecule has 0 spiro atoms. The van der Waals surface area contributed by atoms with Crippen molar-refractivity contribution in [2.75, 3.05) is 31.2 Å². The van der Waals surface area contributed by atoms with Crippen LogP contribution in [-0.2, 0) is 22.5 Å². The summed E-state index contributed by atoms with van der Waals surface area (Å²) in [6.07, 6.45) is 2.30. The number of hydrogen-bond donors (Lipinski definition) is 0. The summed E-state index contributed by atoms with van der Waals surface area (Å²) in [5.74, 6) is 0.916. The zero-order valence-corrected chi connectivity index (χ0v) is 20.8. The number of aromatic nitrogens is 3. The third-order valence-corrected chi connectivity index (χ3v) is 7.86. The van der Waals surface area contributed by atoms with E-state index in [2.05, 4.69) is 18.7 Å². The number of nitrogens with zero attached hydrogens (tertiary/aromatic N) is 4. The summed E-state index contributed by atoms with van der Waals surface area (Å²) in [6, 6.07) is 7.01. The first-order valence-electron chi connectivity index (χ1n) is 11.8. The number of ether oxygens (including phenoxy) is 2. The van der Waals surface area contributed by atoms with Gasteiger partial charge in [0, 0.05) is 36.0 Å². The van der Waals surface area contributed by atoms with Crippen LogP contribution < -0.4 is 10.5 Å². The number of ketones is 1. The predicted octanol–water partition coefficient (Wildman–Crippen LogP) is 3.89. The van der Waals surface area contributed by atoms with Gasteiger partial charge < -0.3 is 14.4 Å². The van der Waals surface area contributed by atoms with Gasteiger partial charge in [0.25, 0.3) is 5.56 Å². The van der Waals surface area contributed by atoms with Crippen molar-refractivity contribution in [3.63, 3.8) is 0 Å². The number of morpholine rings is 1.